The van der Waals surface area contributed by atoms with Crippen molar-refractivity contribution < 1.29 is 19.1 Å². The standard InChI is InChI=1S/C20H20N6O4/c1-11-8-13(3)26-20(21-11)23-18(24-26)19(29)30-10-17(28)25-12(2)9-16(27)22-14-6-4-5-7-15(14)25/h4-8,12H,9-10H2,1-3H3,(H,22,27)/t12-/m1/s1. The average Bonchev–Trinajstić information content (AvgIpc) is 3.06. The maximum atomic E-state index is 12.9. The zero-order valence-corrected chi connectivity index (χ0v) is 16.7. The van der Waals surface area contributed by atoms with Gasteiger partial charge in [0.05, 0.1) is 11.4 Å². The predicted octanol–water partition coefficient (Wildman–Crippen LogP) is 1.66. The normalized spacial score (nSPS) is 16.0. The minimum atomic E-state index is -0.823. The number of rotatable bonds is 3. The summed E-state index contributed by atoms with van der Waals surface area (Å²) in [6.45, 7) is 4.90. The first kappa shape index (κ1) is 19.5. The molecule has 0 unspecified atom stereocenters. The number of hydrogen-bond donors (Lipinski definition) is 1. The smallest absolute Gasteiger partial charge is 0.378 e. The number of anilines is 2. The van der Waals surface area contributed by atoms with E-state index in [2.05, 4.69) is 20.4 Å². The highest BCUT2D eigenvalue weighted by atomic mass is 16.5. The van der Waals surface area contributed by atoms with Gasteiger partial charge < -0.3 is 15.0 Å². The van der Waals surface area contributed by atoms with Crippen LogP contribution in [0.25, 0.3) is 5.78 Å². The number of fused-ring (bicyclic) bond motifs is 2. The van der Waals surface area contributed by atoms with Crippen LogP contribution in [-0.4, -0.2) is 50.0 Å². The molecular formula is C20H20N6O4. The number of nitrogens with one attached hydrogen (secondary N) is 1. The molecule has 1 aromatic carbocycles. The number of aromatic nitrogens is 4. The monoisotopic (exact) mass is 408 g/mol. The van der Waals surface area contributed by atoms with Crippen LogP contribution in [0.1, 0.15) is 35.4 Å². The van der Waals surface area contributed by atoms with Gasteiger partial charge in [-0.3, -0.25) is 9.59 Å². The van der Waals surface area contributed by atoms with Crippen LogP contribution in [0.5, 0.6) is 0 Å². The molecule has 3 heterocycles. The second kappa shape index (κ2) is 7.54. The Labute approximate surface area is 171 Å². The Hall–Kier alpha value is -3.82. The van der Waals surface area contributed by atoms with Gasteiger partial charge >= 0.3 is 5.97 Å². The van der Waals surface area contributed by atoms with Gasteiger partial charge in [-0.2, -0.15) is 4.98 Å². The summed E-state index contributed by atoms with van der Waals surface area (Å²) in [5.74, 6) is -1.35. The Balaban J connectivity index is 1.52. The third-order valence-corrected chi connectivity index (χ3v) is 4.76. The molecule has 4 rings (SSSR count). The van der Waals surface area contributed by atoms with Gasteiger partial charge in [0, 0.05) is 23.9 Å². The number of benzene rings is 1. The molecule has 10 heteroatoms. The largest absolute Gasteiger partial charge is 0.450 e. The van der Waals surface area contributed by atoms with Crippen molar-refractivity contribution in [3.05, 3.63) is 47.5 Å². The first-order valence-electron chi connectivity index (χ1n) is 9.42. The van der Waals surface area contributed by atoms with Crippen molar-refractivity contribution in [2.24, 2.45) is 0 Å². The number of aryl methyl sites for hydroxylation is 2. The Kier molecular flexibility index (Phi) is 4.90. The number of amides is 2. The lowest BCUT2D eigenvalue weighted by molar-refractivity contribution is -0.122. The second-order valence-electron chi connectivity index (χ2n) is 7.14. The van der Waals surface area contributed by atoms with E-state index < -0.39 is 24.5 Å². The Morgan fingerprint density at radius 3 is 2.80 bits per heavy atom. The molecule has 2 aromatic heterocycles. The van der Waals surface area contributed by atoms with Crippen LogP contribution >= 0.6 is 0 Å². The molecule has 0 bridgehead atoms. The number of esters is 1. The molecule has 2 amide bonds. The van der Waals surface area contributed by atoms with Crippen molar-refractivity contribution >= 4 is 34.9 Å². The molecule has 1 aliphatic rings. The summed E-state index contributed by atoms with van der Waals surface area (Å²) in [5, 5.41) is 6.89. The van der Waals surface area contributed by atoms with Crippen LogP contribution in [0.15, 0.2) is 30.3 Å². The number of carbonyl (C=O) groups is 3. The van der Waals surface area contributed by atoms with Gasteiger partial charge in [0.15, 0.2) is 6.61 Å². The van der Waals surface area contributed by atoms with Crippen LogP contribution in [0.3, 0.4) is 0 Å². The van der Waals surface area contributed by atoms with E-state index in [9.17, 15) is 14.4 Å². The molecule has 1 aliphatic heterocycles. The first-order chi connectivity index (χ1) is 14.3. The Morgan fingerprint density at radius 2 is 2.00 bits per heavy atom. The molecule has 0 saturated heterocycles. The molecule has 3 aromatic rings. The van der Waals surface area contributed by atoms with Crippen molar-refractivity contribution in [2.75, 3.05) is 16.8 Å². The molecule has 0 saturated carbocycles. The van der Waals surface area contributed by atoms with Gasteiger partial charge in [-0.25, -0.2) is 14.3 Å². The molecule has 10 nitrogen and oxygen atoms in total. The summed E-state index contributed by atoms with van der Waals surface area (Å²) >= 11 is 0. The second-order valence-corrected chi connectivity index (χ2v) is 7.14. The minimum Gasteiger partial charge on any atom is -0.450 e. The predicted molar refractivity (Wildman–Crippen MR) is 107 cm³/mol. The van der Waals surface area contributed by atoms with Gasteiger partial charge in [-0.15, -0.1) is 5.10 Å². The fourth-order valence-electron chi connectivity index (χ4n) is 3.48. The number of para-hydroxylation sites is 2. The summed E-state index contributed by atoms with van der Waals surface area (Å²) in [6.07, 6.45) is 0.132. The number of ether oxygens (including phenoxy) is 1. The number of nitrogens with zero attached hydrogens (tertiary/aromatic N) is 5. The van der Waals surface area contributed by atoms with Crippen LogP contribution in [0, 0.1) is 13.8 Å². The Morgan fingerprint density at radius 1 is 1.23 bits per heavy atom. The first-order valence-corrected chi connectivity index (χ1v) is 9.42. The van der Waals surface area contributed by atoms with Crippen LogP contribution < -0.4 is 10.2 Å². The highest BCUT2D eigenvalue weighted by Crippen LogP contribution is 2.31. The third kappa shape index (κ3) is 3.59. The molecule has 0 fully saturated rings. The van der Waals surface area contributed by atoms with E-state index in [1.54, 1.807) is 31.2 Å². The quantitative estimate of drug-likeness (QED) is 0.655. The van der Waals surface area contributed by atoms with Crippen molar-refractivity contribution in [3.63, 3.8) is 0 Å². The van der Waals surface area contributed by atoms with E-state index in [0.717, 1.165) is 11.4 Å². The maximum Gasteiger partial charge on any atom is 0.378 e. The van der Waals surface area contributed by atoms with Crippen molar-refractivity contribution in [1.82, 2.24) is 19.6 Å². The summed E-state index contributed by atoms with van der Waals surface area (Å²) in [6, 6.07) is 8.40. The topological polar surface area (TPSA) is 119 Å². The minimum absolute atomic E-state index is 0.132. The lowest BCUT2D eigenvalue weighted by Crippen LogP contribution is -2.41. The van der Waals surface area contributed by atoms with Crippen LogP contribution in [0.2, 0.25) is 0 Å². The van der Waals surface area contributed by atoms with E-state index in [4.69, 9.17) is 4.74 Å². The highest BCUT2D eigenvalue weighted by molar-refractivity contribution is 6.05. The lowest BCUT2D eigenvalue weighted by Gasteiger charge is -2.27. The van der Waals surface area contributed by atoms with E-state index in [1.807, 2.05) is 19.9 Å². The molecule has 1 atom stereocenters. The molecule has 154 valence electrons. The fraction of sp³-hybridized carbons (Fsp3) is 0.300. The summed E-state index contributed by atoms with van der Waals surface area (Å²) < 4.78 is 6.61. The number of hydrogen-bond acceptors (Lipinski definition) is 7. The van der Waals surface area contributed by atoms with Gasteiger partial charge in [0.2, 0.25) is 5.91 Å². The van der Waals surface area contributed by atoms with Crippen molar-refractivity contribution in [2.45, 2.75) is 33.2 Å². The zero-order valence-electron chi connectivity index (χ0n) is 16.7. The number of carbonyl (C=O) groups excluding carboxylic acids is 3. The summed E-state index contributed by atoms with van der Waals surface area (Å²) in [5.41, 5.74) is 2.61. The van der Waals surface area contributed by atoms with E-state index in [1.165, 1.54) is 9.42 Å². The lowest BCUT2D eigenvalue weighted by atomic mass is 10.1. The fourth-order valence-corrected chi connectivity index (χ4v) is 3.48. The summed E-state index contributed by atoms with van der Waals surface area (Å²) in [4.78, 5) is 47.1. The SMILES string of the molecule is Cc1cc(C)n2nc(C(=O)OCC(=O)N3c4ccccc4NC(=O)C[C@H]3C)nc2n1. The van der Waals surface area contributed by atoms with E-state index in [-0.39, 0.29) is 23.9 Å². The average molecular weight is 408 g/mol. The van der Waals surface area contributed by atoms with E-state index >= 15 is 0 Å². The van der Waals surface area contributed by atoms with Gasteiger partial charge in [-0.1, -0.05) is 12.1 Å². The Bertz CT molecular complexity index is 1170. The maximum absolute atomic E-state index is 12.9. The molecule has 0 spiro atoms. The molecule has 1 N–H and O–H groups in total. The third-order valence-electron chi connectivity index (χ3n) is 4.76. The van der Waals surface area contributed by atoms with Gasteiger partial charge in [0.1, 0.15) is 0 Å². The van der Waals surface area contributed by atoms with Gasteiger partial charge in [-0.05, 0) is 39.0 Å². The molecule has 0 radical (unpaired) electrons. The molecule has 30 heavy (non-hydrogen) atoms. The summed E-state index contributed by atoms with van der Waals surface area (Å²) in [7, 11) is 0. The van der Waals surface area contributed by atoms with Crippen LogP contribution in [-0.2, 0) is 14.3 Å². The molecular weight excluding hydrogens is 388 g/mol. The van der Waals surface area contributed by atoms with Crippen molar-refractivity contribution in [3.8, 4) is 0 Å². The van der Waals surface area contributed by atoms with Crippen LogP contribution in [0.4, 0.5) is 11.4 Å². The highest BCUT2D eigenvalue weighted by Gasteiger charge is 2.30. The zero-order chi connectivity index (χ0) is 21.4. The van der Waals surface area contributed by atoms with Gasteiger partial charge in [0.25, 0.3) is 17.5 Å². The van der Waals surface area contributed by atoms with E-state index in [0.29, 0.717) is 11.4 Å². The molecule has 0 aliphatic carbocycles. The van der Waals surface area contributed by atoms with Crippen molar-refractivity contribution in [1.29, 1.82) is 0 Å².